The summed E-state index contributed by atoms with van der Waals surface area (Å²) in [5.74, 6) is 5.62. The van der Waals surface area contributed by atoms with Crippen molar-refractivity contribution in [2.24, 2.45) is 29.1 Å². The first-order chi connectivity index (χ1) is 11.6. The Hall–Kier alpha value is -0.710. The molecule has 130 valence electrons. The van der Waals surface area contributed by atoms with Crippen molar-refractivity contribution < 1.29 is 5.11 Å². The van der Waals surface area contributed by atoms with Crippen molar-refractivity contribution >= 4 is 11.6 Å². The van der Waals surface area contributed by atoms with Crippen LogP contribution in [-0.2, 0) is 0 Å². The van der Waals surface area contributed by atoms with Gasteiger partial charge in [0.25, 0.3) is 0 Å². The molecule has 0 heterocycles. The number of aliphatic hydroxyl groups is 1. The quantitative estimate of drug-likeness (QED) is 0.496. The number of rotatable bonds is 1. The normalized spacial score (nSPS) is 47.0. The molecule has 1 nitrogen and oxygen atoms in total. The van der Waals surface area contributed by atoms with Gasteiger partial charge in [0.15, 0.2) is 0 Å². The van der Waals surface area contributed by atoms with Gasteiger partial charge in [0, 0.05) is 10.8 Å². The van der Waals surface area contributed by atoms with Crippen LogP contribution in [0.3, 0.4) is 0 Å². The summed E-state index contributed by atoms with van der Waals surface area (Å²) < 4.78 is 0. The Labute approximate surface area is 151 Å². The van der Waals surface area contributed by atoms with E-state index in [0.717, 1.165) is 31.6 Å². The third-order valence-electron chi connectivity index (χ3n) is 8.03. The lowest BCUT2D eigenvalue weighted by Gasteiger charge is -2.56. The van der Waals surface area contributed by atoms with Crippen LogP contribution in [-0.4, -0.2) is 10.7 Å². The third-order valence-corrected chi connectivity index (χ3v) is 8.12. The molecule has 0 aromatic rings. The molecule has 0 spiro atoms. The number of allylic oxidation sites excluding steroid dienone is 3. The van der Waals surface area contributed by atoms with Crippen molar-refractivity contribution in [3.63, 3.8) is 0 Å². The van der Waals surface area contributed by atoms with E-state index in [0.29, 0.717) is 17.8 Å². The zero-order valence-corrected chi connectivity index (χ0v) is 15.5. The van der Waals surface area contributed by atoms with Crippen molar-refractivity contribution in [3.8, 4) is 11.3 Å². The average Bonchev–Trinajstić information content (AvgIpc) is 2.88. The lowest BCUT2D eigenvalue weighted by Crippen LogP contribution is -2.54. The maximum absolute atomic E-state index is 11.4. The highest BCUT2D eigenvalue weighted by Crippen LogP contribution is 2.67. The van der Waals surface area contributed by atoms with E-state index >= 15 is 0 Å². The van der Waals surface area contributed by atoms with E-state index in [2.05, 4.69) is 30.9 Å². The first-order valence-electron chi connectivity index (χ1n) is 9.78. The summed E-state index contributed by atoms with van der Waals surface area (Å²) in [6.45, 7) is 6.77. The summed E-state index contributed by atoms with van der Waals surface area (Å²) in [6, 6.07) is 0. The standard InChI is InChI=1S/C22H29ClO/c1-3-21-14-15(2)20-17-7-5-4-6-16(17)8-9-18(20)19(21)10-11-22(21,24)12-13-23/h6,17-20,24H,2-5,7-11,14H2,1H3/t17-,18-,19-,20+,21-,22+/m0/s1. The van der Waals surface area contributed by atoms with E-state index in [1.165, 1.54) is 37.7 Å². The zero-order chi connectivity index (χ0) is 16.9. The van der Waals surface area contributed by atoms with Gasteiger partial charge in [0.2, 0.25) is 0 Å². The minimum absolute atomic E-state index is 0.136. The van der Waals surface area contributed by atoms with Crippen LogP contribution >= 0.6 is 11.6 Å². The van der Waals surface area contributed by atoms with Crippen molar-refractivity contribution in [2.45, 2.75) is 70.3 Å². The zero-order valence-electron chi connectivity index (χ0n) is 14.8. The van der Waals surface area contributed by atoms with Crippen LogP contribution in [0.15, 0.2) is 23.8 Å². The van der Waals surface area contributed by atoms with Gasteiger partial charge >= 0.3 is 0 Å². The molecular formula is C22H29ClO. The molecule has 4 rings (SSSR count). The lowest BCUT2D eigenvalue weighted by molar-refractivity contribution is -0.0789. The monoisotopic (exact) mass is 344 g/mol. The van der Waals surface area contributed by atoms with Crippen LogP contribution in [0.25, 0.3) is 0 Å². The van der Waals surface area contributed by atoms with Crippen LogP contribution in [0.4, 0.5) is 0 Å². The molecule has 0 bridgehead atoms. The molecule has 3 saturated carbocycles. The maximum atomic E-state index is 11.4. The van der Waals surface area contributed by atoms with Gasteiger partial charge in [-0.25, -0.2) is 0 Å². The van der Waals surface area contributed by atoms with Crippen molar-refractivity contribution in [3.05, 3.63) is 23.8 Å². The van der Waals surface area contributed by atoms with Gasteiger partial charge in [0.1, 0.15) is 5.60 Å². The molecule has 24 heavy (non-hydrogen) atoms. The van der Waals surface area contributed by atoms with Gasteiger partial charge in [-0.1, -0.05) is 36.6 Å². The Morgan fingerprint density at radius 1 is 1.38 bits per heavy atom. The average molecular weight is 345 g/mol. The van der Waals surface area contributed by atoms with E-state index in [1.54, 1.807) is 5.57 Å². The van der Waals surface area contributed by atoms with Gasteiger partial charge in [-0.05, 0) is 93.1 Å². The first kappa shape index (κ1) is 16.7. The summed E-state index contributed by atoms with van der Waals surface area (Å²) in [7, 11) is 0. The van der Waals surface area contributed by atoms with Crippen molar-refractivity contribution in [1.29, 1.82) is 0 Å². The fourth-order valence-electron chi connectivity index (χ4n) is 7.07. The molecule has 0 aliphatic heterocycles. The van der Waals surface area contributed by atoms with E-state index in [4.69, 9.17) is 11.6 Å². The fraction of sp³-hybridized carbons (Fsp3) is 0.727. The van der Waals surface area contributed by atoms with Gasteiger partial charge < -0.3 is 5.11 Å². The van der Waals surface area contributed by atoms with Crippen LogP contribution in [0.5, 0.6) is 0 Å². The number of fused-ring (bicyclic) bond motifs is 5. The molecule has 0 amide bonds. The van der Waals surface area contributed by atoms with Gasteiger partial charge in [-0.2, -0.15) is 0 Å². The number of halogens is 1. The Kier molecular flexibility index (Phi) is 4.13. The molecule has 1 N–H and O–H groups in total. The number of hydrogen-bond donors (Lipinski definition) is 1. The topological polar surface area (TPSA) is 20.2 Å². The highest BCUT2D eigenvalue weighted by Gasteiger charge is 2.64. The molecule has 4 aliphatic carbocycles. The second-order valence-corrected chi connectivity index (χ2v) is 8.80. The van der Waals surface area contributed by atoms with Crippen LogP contribution in [0, 0.1) is 40.4 Å². The molecule has 6 atom stereocenters. The summed E-state index contributed by atoms with van der Waals surface area (Å²) in [4.78, 5) is 0. The minimum atomic E-state index is -0.926. The minimum Gasteiger partial charge on any atom is -0.377 e. The lowest BCUT2D eigenvalue weighted by atomic mass is 9.48. The molecule has 2 heteroatoms. The largest absolute Gasteiger partial charge is 0.377 e. The summed E-state index contributed by atoms with van der Waals surface area (Å²) in [5, 5.41) is 13.9. The highest BCUT2D eigenvalue weighted by molar-refractivity contribution is 6.30. The van der Waals surface area contributed by atoms with E-state index in [1.807, 2.05) is 0 Å². The van der Waals surface area contributed by atoms with Crippen LogP contribution < -0.4 is 0 Å². The van der Waals surface area contributed by atoms with Crippen LogP contribution in [0.2, 0.25) is 0 Å². The summed E-state index contributed by atoms with van der Waals surface area (Å²) >= 11 is 5.74. The second-order valence-electron chi connectivity index (χ2n) is 8.61. The van der Waals surface area contributed by atoms with E-state index < -0.39 is 5.60 Å². The van der Waals surface area contributed by atoms with Crippen molar-refractivity contribution in [2.75, 3.05) is 0 Å². The van der Waals surface area contributed by atoms with E-state index in [9.17, 15) is 5.11 Å². The summed E-state index contributed by atoms with van der Waals surface area (Å²) in [5.41, 5.74) is 2.03. The van der Waals surface area contributed by atoms with E-state index in [-0.39, 0.29) is 5.41 Å². The molecule has 0 aromatic heterocycles. The molecule has 0 radical (unpaired) electrons. The van der Waals surface area contributed by atoms with Crippen molar-refractivity contribution in [1.82, 2.24) is 0 Å². The molecule has 0 saturated heterocycles. The number of hydrogen-bond acceptors (Lipinski definition) is 1. The summed E-state index contributed by atoms with van der Waals surface area (Å²) in [6.07, 6.45) is 12.7. The Morgan fingerprint density at radius 2 is 2.21 bits per heavy atom. The molecule has 0 aromatic carbocycles. The van der Waals surface area contributed by atoms with Crippen LogP contribution in [0.1, 0.15) is 64.7 Å². The SMILES string of the molecule is C=C1C[C@@]2(CC)[C@@H](CC[C@@]2(O)C#CCl)[C@@H]2CCC3=CCCC[C@@H]3[C@@H]12. The van der Waals surface area contributed by atoms with Gasteiger partial charge in [-0.15, -0.1) is 0 Å². The third kappa shape index (κ3) is 2.12. The molecule has 4 aliphatic rings. The Morgan fingerprint density at radius 3 is 2.96 bits per heavy atom. The Balaban J connectivity index is 1.74. The highest BCUT2D eigenvalue weighted by atomic mass is 35.5. The second kappa shape index (κ2) is 5.93. The van der Waals surface area contributed by atoms with Gasteiger partial charge in [-0.3, -0.25) is 0 Å². The predicted octanol–water partition coefficient (Wildman–Crippen LogP) is 5.44. The maximum Gasteiger partial charge on any atom is 0.132 e. The Bertz CT molecular complexity index is 638. The first-order valence-corrected chi connectivity index (χ1v) is 10.2. The molecule has 3 fully saturated rings. The van der Waals surface area contributed by atoms with Gasteiger partial charge in [0.05, 0.1) is 0 Å². The molecule has 0 unspecified atom stereocenters. The fourth-order valence-corrected chi connectivity index (χ4v) is 7.23. The smallest absolute Gasteiger partial charge is 0.132 e. The predicted molar refractivity (Wildman–Crippen MR) is 99.4 cm³/mol. The molecular weight excluding hydrogens is 316 g/mol.